The fourth-order valence-corrected chi connectivity index (χ4v) is 2.25. The van der Waals surface area contributed by atoms with Crippen LogP contribution in [-0.2, 0) is 14.3 Å². The molecule has 0 aliphatic rings. The van der Waals surface area contributed by atoms with Crippen molar-refractivity contribution in [3.63, 3.8) is 0 Å². The molecule has 0 aromatic carbocycles. The molecular formula is C21H38N2O5. The lowest BCUT2D eigenvalue weighted by Gasteiger charge is -2.26. The van der Waals surface area contributed by atoms with E-state index in [1.54, 1.807) is 0 Å². The normalized spacial score (nSPS) is 10.9. The number of nitrogens with one attached hydrogen (secondary N) is 1. The van der Waals surface area contributed by atoms with Gasteiger partial charge in [0.1, 0.15) is 0 Å². The molecule has 7 nitrogen and oxygen atoms in total. The summed E-state index contributed by atoms with van der Waals surface area (Å²) in [6, 6.07) is 0.242. The van der Waals surface area contributed by atoms with E-state index in [0.717, 1.165) is 17.6 Å². The summed E-state index contributed by atoms with van der Waals surface area (Å²) in [6.45, 7) is 18.1. The summed E-state index contributed by atoms with van der Waals surface area (Å²) < 4.78 is 5.68. The Labute approximate surface area is 169 Å². The minimum absolute atomic E-state index is 0.242. The summed E-state index contributed by atoms with van der Waals surface area (Å²) in [5.41, 5.74) is 2.05. The molecule has 1 atom stereocenters. The third-order valence-corrected chi connectivity index (χ3v) is 3.76. The van der Waals surface area contributed by atoms with Gasteiger partial charge in [0.25, 0.3) is 6.02 Å². The predicted octanol–water partition coefficient (Wildman–Crippen LogP) is 4.54. The van der Waals surface area contributed by atoms with Crippen LogP contribution in [-0.4, -0.2) is 52.8 Å². The summed E-state index contributed by atoms with van der Waals surface area (Å²) in [5, 5.41) is 23.9. The van der Waals surface area contributed by atoms with Gasteiger partial charge in [-0.3, -0.25) is 15.0 Å². The highest BCUT2D eigenvalue weighted by molar-refractivity contribution is 5.75. The largest absolute Gasteiger partial charge is 0.481 e. The zero-order valence-corrected chi connectivity index (χ0v) is 17.9. The Bertz CT molecular complexity index is 487. The van der Waals surface area contributed by atoms with Gasteiger partial charge in [-0.1, -0.05) is 57.4 Å². The van der Waals surface area contributed by atoms with E-state index >= 15 is 0 Å². The number of aliphatic carboxylic acids is 2. The standard InChI is InChI=1S/C17H32N2O.C4H6O4/c1-7-9-10-16(8-2)13-20-17(18)19(11-14(3)4)12-15(5)6;5-3(6)1-2-4(7)8/h16,18H,3,5,7-13H2,1-2,4,6H3;1-2H2,(H,5,6)(H,7,8). The molecule has 0 saturated carbocycles. The molecule has 0 rings (SSSR count). The number of unbranched alkanes of at least 4 members (excludes halogenated alkanes) is 1. The molecule has 28 heavy (non-hydrogen) atoms. The van der Waals surface area contributed by atoms with Crippen LogP contribution in [0.25, 0.3) is 0 Å². The highest BCUT2D eigenvalue weighted by Crippen LogP contribution is 2.13. The second-order valence-corrected chi connectivity index (χ2v) is 7.09. The van der Waals surface area contributed by atoms with E-state index in [0.29, 0.717) is 25.6 Å². The Morgan fingerprint density at radius 2 is 1.50 bits per heavy atom. The Hall–Kier alpha value is -2.31. The van der Waals surface area contributed by atoms with Crippen molar-refractivity contribution in [1.29, 1.82) is 5.41 Å². The van der Waals surface area contributed by atoms with Crippen LogP contribution in [0.15, 0.2) is 24.3 Å². The second kappa shape index (κ2) is 16.8. The van der Waals surface area contributed by atoms with Crippen LogP contribution in [0, 0.1) is 11.3 Å². The lowest BCUT2D eigenvalue weighted by Crippen LogP contribution is -2.35. The fourth-order valence-electron chi connectivity index (χ4n) is 2.25. The van der Waals surface area contributed by atoms with Crippen molar-refractivity contribution in [2.45, 2.75) is 66.2 Å². The molecule has 0 aromatic rings. The van der Waals surface area contributed by atoms with Gasteiger partial charge in [-0.15, -0.1) is 0 Å². The minimum atomic E-state index is -1.08. The van der Waals surface area contributed by atoms with E-state index in [1.165, 1.54) is 19.3 Å². The smallest absolute Gasteiger partial charge is 0.303 e. The number of carbonyl (C=O) groups is 2. The average molecular weight is 399 g/mol. The zero-order valence-electron chi connectivity index (χ0n) is 17.9. The molecule has 0 aliphatic carbocycles. The van der Waals surface area contributed by atoms with E-state index in [1.807, 2.05) is 18.7 Å². The van der Waals surface area contributed by atoms with Crippen molar-refractivity contribution in [3.05, 3.63) is 24.3 Å². The summed E-state index contributed by atoms with van der Waals surface area (Å²) in [6.07, 6.45) is 4.14. The Kier molecular flexibility index (Phi) is 16.8. The second-order valence-electron chi connectivity index (χ2n) is 7.09. The van der Waals surface area contributed by atoms with Gasteiger partial charge in [0, 0.05) is 13.1 Å². The Morgan fingerprint density at radius 3 is 1.82 bits per heavy atom. The summed E-state index contributed by atoms with van der Waals surface area (Å²) in [4.78, 5) is 21.2. The van der Waals surface area contributed by atoms with E-state index < -0.39 is 11.9 Å². The SMILES string of the molecule is C=C(C)CN(CC(=C)C)C(=N)OCC(CC)CCCC.O=C(O)CCC(=O)O. The van der Waals surface area contributed by atoms with E-state index in [4.69, 9.17) is 20.4 Å². The molecule has 1 unspecified atom stereocenters. The van der Waals surface area contributed by atoms with Gasteiger partial charge >= 0.3 is 11.9 Å². The van der Waals surface area contributed by atoms with Crippen LogP contribution in [0.4, 0.5) is 0 Å². The molecule has 0 radical (unpaired) electrons. The first-order valence-electron chi connectivity index (χ1n) is 9.71. The van der Waals surface area contributed by atoms with Crippen LogP contribution in [0.2, 0.25) is 0 Å². The lowest BCUT2D eigenvalue weighted by molar-refractivity contribution is -0.143. The maximum Gasteiger partial charge on any atom is 0.303 e. The van der Waals surface area contributed by atoms with Gasteiger partial charge in [-0.2, -0.15) is 0 Å². The number of hydrogen-bond acceptors (Lipinski definition) is 4. The number of amidine groups is 1. The lowest BCUT2D eigenvalue weighted by atomic mass is 10.0. The molecule has 0 aromatic heterocycles. The minimum Gasteiger partial charge on any atom is -0.481 e. The highest BCUT2D eigenvalue weighted by Gasteiger charge is 2.14. The molecule has 0 spiro atoms. The number of carboxylic acids is 2. The average Bonchev–Trinajstić information content (AvgIpc) is 2.59. The molecule has 162 valence electrons. The van der Waals surface area contributed by atoms with E-state index in [-0.39, 0.29) is 18.9 Å². The van der Waals surface area contributed by atoms with Crippen LogP contribution < -0.4 is 0 Å². The maximum absolute atomic E-state index is 9.64. The molecule has 0 fully saturated rings. The number of carboxylic acid groups (broad SMARTS) is 2. The molecule has 0 saturated heterocycles. The van der Waals surface area contributed by atoms with Gasteiger partial charge in [-0.05, 0) is 26.2 Å². The van der Waals surface area contributed by atoms with Crippen molar-refractivity contribution in [1.82, 2.24) is 4.90 Å². The quantitative estimate of drug-likeness (QED) is 0.238. The Morgan fingerprint density at radius 1 is 1.04 bits per heavy atom. The molecule has 0 bridgehead atoms. The van der Waals surface area contributed by atoms with Crippen molar-refractivity contribution >= 4 is 18.0 Å². The first-order valence-corrected chi connectivity index (χ1v) is 9.71. The summed E-state index contributed by atoms with van der Waals surface area (Å²) >= 11 is 0. The van der Waals surface area contributed by atoms with Crippen molar-refractivity contribution in [2.75, 3.05) is 19.7 Å². The highest BCUT2D eigenvalue weighted by atomic mass is 16.5. The number of ether oxygens (including phenoxy) is 1. The molecular weight excluding hydrogens is 360 g/mol. The fraction of sp³-hybridized carbons (Fsp3) is 0.667. The topological polar surface area (TPSA) is 111 Å². The van der Waals surface area contributed by atoms with Crippen molar-refractivity contribution < 1.29 is 24.5 Å². The van der Waals surface area contributed by atoms with Gasteiger partial charge < -0.3 is 19.8 Å². The maximum atomic E-state index is 9.64. The third-order valence-electron chi connectivity index (χ3n) is 3.76. The van der Waals surface area contributed by atoms with Gasteiger partial charge in [-0.25, -0.2) is 0 Å². The predicted molar refractivity (Wildman–Crippen MR) is 113 cm³/mol. The van der Waals surface area contributed by atoms with E-state index in [2.05, 4.69) is 27.0 Å². The Balaban J connectivity index is 0. The number of rotatable bonds is 13. The zero-order chi connectivity index (χ0) is 22.1. The monoisotopic (exact) mass is 398 g/mol. The van der Waals surface area contributed by atoms with Crippen LogP contribution >= 0.6 is 0 Å². The summed E-state index contributed by atoms with van der Waals surface area (Å²) in [7, 11) is 0. The molecule has 7 heteroatoms. The summed E-state index contributed by atoms with van der Waals surface area (Å²) in [5.74, 6) is -1.60. The third kappa shape index (κ3) is 18.5. The van der Waals surface area contributed by atoms with E-state index in [9.17, 15) is 9.59 Å². The first-order chi connectivity index (χ1) is 13.0. The van der Waals surface area contributed by atoms with Gasteiger partial charge in [0.2, 0.25) is 0 Å². The van der Waals surface area contributed by atoms with Crippen LogP contribution in [0.1, 0.15) is 66.2 Å². The van der Waals surface area contributed by atoms with Crippen LogP contribution in [0.5, 0.6) is 0 Å². The van der Waals surface area contributed by atoms with Gasteiger partial charge in [0.15, 0.2) is 0 Å². The van der Waals surface area contributed by atoms with Crippen molar-refractivity contribution in [3.8, 4) is 0 Å². The molecule has 3 N–H and O–H groups in total. The molecule has 0 amide bonds. The first kappa shape index (κ1) is 27.9. The van der Waals surface area contributed by atoms with Crippen LogP contribution in [0.3, 0.4) is 0 Å². The van der Waals surface area contributed by atoms with Gasteiger partial charge in [0.05, 0.1) is 19.4 Å². The number of nitrogens with zero attached hydrogens (tertiary/aromatic N) is 1. The number of hydrogen-bond donors (Lipinski definition) is 3. The van der Waals surface area contributed by atoms with Crippen molar-refractivity contribution in [2.24, 2.45) is 5.92 Å². The molecule has 0 heterocycles. The molecule has 0 aliphatic heterocycles.